The van der Waals surface area contributed by atoms with Crippen LogP contribution in [0.15, 0.2) is 11.2 Å². The van der Waals surface area contributed by atoms with E-state index in [0.29, 0.717) is 5.15 Å². The van der Waals surface area contributed by atoms with E-state index in [-0.39, 0.29) is 12.4 Å². The van der Waals surface area contributed by atoms with Gasteiger partial charge in [0.2, 0.25) is 0 Å². The Hall–Kier alpha value is -0.230. The van der Waals surface area contributed by atoms with Crippen molar-refractivity contribution in [2.24, 2.45) is 0 Å². The second-order valence-electron chi connectivity index (χ2n) is 3.83. The van der Waals surface area contributed by atoms with Gasteiger partial charge in [-0.3, -0.25) is 0 Å². The van der Waals surface area contributed by atoms with E-state index in [2.05, 4.69) is 26.8 Å². The number of anilines is 1. The molecule has 0 aliphatic carbocycles. The van der Waals surface area contributed by atoms with Gasteiger partial charge in [0.15, 0.2) is 5.16 Å². The average molecular weight is 295 g/mol. The van der Waals surface area contributed by atoms with Crippen molar-refractivity contribution < 1.29 is 0 Å². The van der Waals surface area contributed by atoms with Crippen molar-refractivity contribution >= 4 is 41.6 Å². The summed E-state index contributed by atoms with van der Waals surface area (Å²) in [5.41, 5.74) is 0. The molecule has 1 aromatic heterocycles. The number of aromatic nitrogens is 2. The largest absolute Gasteiger partial charge is 0.354 e. The molecule has 0 bridgehead atoms. The maximum Gasteiger partial charge on any atom is 0.190 e. The summed E-state index contributed by atoms with van der Waals surface area (Å²) >= 11 is 7.49. The third-order valence-electron chi connectivity index (χ3n) is 2.67. The van der Waals surface area contributed by atoms with Gasteiger partial charge < -0.3 is 9.80 Å². The summed E-state index contributed by atoms with van der Waals surface area (Å²) in [6, 6.07) is 1.84. The van der Waals surface area contributed by atoms with E-state index < -0.39 is 0 Å². The predicted octanol–water partition coefficient (Wildman–Crippen LogP) is 2.03. The van der Waals surface area contributed by atoms with Crippen LogP contribution in [0.3, 0.4) is 0 Å². The Morgan fingerprint density at radius 3 is 2.47 bits per heavy atom. The summed E-state index contributed by atoms with van der Waals surface area (Å²) in [6.45, 7) is 4.13. The molecule has 0 unspecified atom stereocenters. The molecule has 0 aromatic carbocycles. The van der Waals surface area contributed by atoms with E-state index in [4.69, 9.17) is 11.6 Å². The fourth-order valence-corrected chi connectivity index (χ4v) is 2.28. The van der Waals surface area contributed by atoms with Crippen molar-refractivity contribution in [3.05, 3.63) is 11.2 Å². The zero-order valence-corrected chi connectivity index (χ0v) is 12.3. The highest BCUT2D eigenvalue weighted by molar-refractivity contribution is 7.98. The lowest BCUT2D eigenvalue weighted by atomic mass is 10.3. The van der Waals surface area contributed by atoms with Gasteiger partial charge in [0.25, 0.3) is 0 Å². The van der Waals surface area contributed by atoms with Crippen LogP contribution < -0.4 is 4.90 Å². The van der Waals surface area contributed by atoms with Gasteiger partial charge in [-0.05, 0) is 13.3 Å². The molecule has 1 aliphatic heterocycles. The van der Waals surface area contributed by atoms with Crippen LogP contribution in [0.4, 0.5) is 5.82 Å². The zero-order valence-electron chi connectivity index (χ0n) is 9.89. The summed E-state index contributed by atoms with van der Waals surface area (Å²) in [4.78, 5) is 13.2. The average Bonchev–Trinajstić information content (AvgIpc) is 2.29. The Kier molecular flexibility index (Phi) is 5.79. The van der Waals surface area contributed by atoms with Gasteiger partial charge >= 0.3 is 0 Å². The highest BCUT2D eigenvalue weighted by Gasteiger charge is 2.16. The smallest absolute Gasteiger partial charge is 0.190 e. The van der Waals surface area contributed by atoms with Crippen LogP contribution >= 0.6 is 35.8 Å². The van der Waals surface area contributed by atoms with E-state index in [1.54, 1.807) is 0 Å². The molecular weight excluding hydrogens is 279 g/mol. The van der Waals surface area contributed by atoms with E-state index in [0.717, 1.165) is 37.2 Å². The standard InChI is InChI=1S/C10H15ClN4S.ClH/c1-14-3-5-15(6-4-14)9-7-8(11)12-10(13-9)16-2;/h7H,3-6H2,1-2H3;1H. The van der Waals surface area contributed by atoms with Gasteiger partial charge in [-0.1, -0.05) is 23.4 Å². The molecule has 4 nitrogen and oxygen atoms in total. The van der Waals surface area contributed by atoms with Gasteiger partial charge in [-0.2, -0.15) is 0 Å². The first-order chi connectivity index (χ1) is 7.69. The Bertz CT molecular complexity index is 369. The number of likely N-dealkylation sites (N-methyl/N-ethyl adjacent to an activating group) is 1. The van der Waals surface area contributed by atoms with Gasteiger partial charge in [0.1, 0.15) is 11.0 Å². The molecule has 0 radical (unpaired) electrons. The molecule has 0 saturated carbocycles. The summed E-state index contributed by atoms with van der Waals surface area (Å²) in [5, 5.41) is 1.26. The second kappa shape index (κ2) is 6.64. The van der Waals surface area contributed by atoms with Crippen LogP contribution in [0, 0.1) is 0 Å². The van der Waals surface area contributed by atoms with Crippen molar-refractivity contribution in [3.63, 3.8) is 0 Å². The van der Waals surface area contributed by atoms with Gasteiger partial charge in [-0.25, -0.2) is 9.97 Å². The number of nitrogens with zero attached hydrogens (tertiary/aromatic N) is 4. The molecule has 7 heteroatoms. The topological polar surface area (TPSA) is 32.3 Å². The molecule has 0 N–H and O–H groups in total. The van der Waals surface area contributed by atoms with Crippen molar-refractivity contribution in [1.82, 2.24) is 14.9 Å². The molecular formula is C10H16Cl2N4S. The van der Waals surface area contributed by atoms with Crippen molar-refractivity contribution in [1.29, 1.82) is 0 Å². The molecule has 0 spiro atoms. The molecule has 2 rings (SSSR count). The number of rotatable bonds is 2. The van der Waals surface area contributed by atoms with Crippen molar-refractivity contribution in [3.8, 4) is 0 Å². The van der Waals surface area contributed by atoms with Crippen LogP contribution in [0.25, 0.3) is 0 Å². The van der Waals surface area contributed by atoms with E-state index in [1.807, 2.05) is 12.3 Å². The molecule has 2 heterocycles. The van der Waals surface area contributed by atoms with Gasteiger partial charge in [0, 0.05) is 32.2 Å². The third kappa shape index (κ3) is 3.88. The minimum absolute atomic E-state index is 0. The summed E-state index contributed by atoms with van der Waals surface area (Å²) < 4.78 is 0. The Balaban J connectivity index is 0.00000144. The summed E-state index contributed by atoms with van der Waals surface area (Å²) in [6.07, 6.45) is 1.96. The van der Waals surface area contributed by atoms with Crippen LogP contribution in [-0.2, 0) is 0 Å². The van der Waals surface area contributed by atoms with Crippen LogP contribution in [0.5, 0.6) is 0 Å². The van der Waals surface area contributed by atoms with Gasteiger partial charge in [-0.15, -0.1) is 12.4 Å². The minimum Gasteiger partial charge on any atom is -0.354 e. The first kappa shape index (κ1) is 14.8. The molecule has 1 fully saturated rings. The highest BCUT2D eigenvalue weighted by atomic mass is 35.5. The fraction of sp³-hybridized carbons (Fsp3) is 0.600. The molecule has 96 valence electrons. The molecule has 0 atom stereocenters. The Labute approximate surface area is 117 Å². The minimum atomic E-state index is 0. The van der Waals surface area contributed by atoms with Crippen molar-refractivity contribution in [2.75, 3.05) is 44.4 Å². The first-order valence-electron chi connectivity index (χ1n) is 5.21. The van der Waals surface area contributed by atoms with E-state index >= 15 is 0 Å². The zero-order chi connectivity index (χ0) is 11.5. The maximum absolute atomic E-state index is 5.98. The van der Waals surface area contributed by atoms with E-state index in [1.165, 1.54) is 11.8 Å². The Morgan fingerprint density at radius 2 is 1.88 bits per heavy atom. The lowest BCUT2D eigenvalue weighted by Gasteiger charge is -2.33. The maximum atomic E-state index is 5.98. The molecule has 17 heavy (non-hydrogen) atoms. The van der Waals surface area contributed by atoms with Crippen molar-refractivity contribution in [2.45, 2.75) is 5.16 Å². The lowest BCUT2D eigenvalue weighted by molar-refractivity contribution is 0.312. The SMILES string of the molecule is CSc1nc(Cl)cc(N2CCN(C)CC2)n1.Cl. The highest BCUT2D eigenvalue weighted by Crippen LogP contribution is 2.21. The number of hydrogen-bond donors (Lipinski definition) is 0. The molecule has 1 aliphatic rings. The van der Waals surface area contributed by atoms with Crippen LogP contribution in [0.2, 0.25) is 5.15 Å². The van der Waals surface area contributed by atoms with E-state index in [9.17, 15) is 0 Å². The first-order valence-corrected chi connectivity index (χ1v) is 6.81. The fourth-order valence-electron chi connectivity index (χ4n) is 1.67. The lowest BCUT2D eigenvalue weighted by Crippen LogP contribution is -2.44. The van der Waals surface area contributed by atoms with Crippen LogP contribution in [0.1, 0.15) is 0 Å². The van der Waals surface area contributed by atoms with Crippen LogP contribution in [-0.4, -0.2) is 54.4 Å². The monoisotopic (exact) mass is 294 g/mol. The quantitative estimate of drug-likeness (QED) is 0.473. The predicted molar refractivity (Wildman–Crippen MR) is 75.8 cm³/mol. The molecule has 1 aromatic rings. The normalized spacial score (nSPS) is 16.8. The number of halogens is 2. The molecule has 0 amide bonds. The third-order valence-corrected chi connectivity index (χ3v) is 3.41. The number of piperazine rings is 1. The Morgan fingerprint density at radius 1 is 1.24 bits per heavy atom. The summed E-state index contributed by atoms with van der Waals surface area (Å²) in [7, 11) is 2.14. The number of hydrogen-bond acceptors (Lipinski definition) is 5. The molecule has 1 saturated heterocycles. The second-order valence-corrected chi connectivity index (χ2v) is 4.99. The van der Waals surface area contributed by atoms with Gasteiger partial charge in [0.05, 0.1) is 0 Å². The summed E-state index contributed by atoms with van der Waals surface area (Å²) in [5.74, 6) is 0.942. The number of thioether (sulfide) groups is 1.